The van der Waals surface area contributed by atoms with Crippen molar-refractivity contribution in [3.8, 4) is 11.5 Å². The van der Waals surface area contributed by atoms with Crippen LogP contribution in [0.5, 0.6) is 0 Å². The molecular formula is C20H22F3N7O. The molecule has 11 heteroatoms. The Morgan fingerprint density at radius 1 is 1.16 bits per heavy atom. The third-order valence-corrected chi connectivity index (χ3v) is 5.46. The molecule has 0 atom stereocenters. The number of hydrogen-bond acceptors (Lipinski definition) is 6. The predicted molar refractivity (Wildman–Crippen MR) is 108 cm³/mol. The number of alkyl halides is 3. The van der Waals surface area contributed by atoms with E-state index in [4.69, 9.17) is 0 Å². The standard InChI is InChI=1S/C20H22F3N7O/c1-29-12-26-28-18(29)16-8-14-9-17(25-11-15(14)10-24-16)27-19(31)13-2-5-30(6-3-13)7-4-20(21,22)23/h8-13H,2-7H2,1H3,(H,25,27,31). The van der Waals surface area contributed by atoms with Gasteiger partial charge in [0, 0.05) is 37.3 Å². The summed E-state index contributed by atoms with van der Waals surface area (Å²) in [6.07, 6.45) is 0.990. The highest BCUT2D eigenvalue weighted by Crippen LogP contribution is 2.25. The fourth-order valence-electron chi connectivity index (χ4n) is 3.68. The van der Waals surface area contributed by atoms with Gasteiger partial charge < -0.3 is 14.8 Å². The van der Waals surface area contributed by atoms with Crippen LogP contribution in [-0.4, -0.2) is 61.4 Å². The van der Waals surface area contributed by atoms with Gasteiger partial charge in [-0.05, 0) is 43.5 Å². The molecule has 1 fully saturated rings. The Labute approximate surface area is 176 Å². The zero-order valence-electron chi connectivity index (χ0n) is 16.9. The molecule has 0 bridgehead atoms. The van der Waals surface area contributed by atoms with Gasteiger partial charge in [-0.1, -0.05) is 0 Å². The quantitative estimate of drug-likeness (QED) is 0.666. The van der Waals surface area contributed by atoms with Gasteiger partial charge in [-0.15, -0.1) is 10.2 Å². The predicted octanol–water partition coefficient (Wildman–Crippen LogP) is 3.03. The number of pyridine rings is 2. The second-order valence-electron chi connectivity index (χ2n) is 7.72. The van der Waals surface area contributed by atoms with Crippen LogP contribution in [-0.2, 0) is 11.8 Å². The number of aryl methyl sites for hydroxylation is 1. The van der Waals surface area contributed by atoms with E-state index in [9.17, 15) is 18.0 Å². The Balaban J connectivity index is 1.39. The average molecular weight is 433 g/mol. The molecule has 1 aliphatic rings. The van der Waals surface area contributed by atoms with Gasteiger partial charge in [0.25, 0.3) is 0 Å². The van der Waals surface area contributed by atoms with Gasteiger partial charge in [-0.3, -0.25) is 9.78 Å². The van der Waals surface area contributed by atoms with Crippen LogP contribution in [0.1, 0.15) is 19.3 Å². The van der Waals surface area contributed by atoms with Crippen LogP contribution in [0.4, 0.5) is 19.0 Å². The van der Waals surface area contributed by atoms with E-state index in [1.54, 1.807) is 34.3 Å². The largest absolute Gasteiger partial charge is 0.390 e. The second kappa shape index (κ2) is 8.58. The molecule has 1 N–H and O–H groups in total. The van der Waals surface area contributed by atoms with E-state index in [0.29, 0.717) is 43.3 Å². The molecule has 0 spiro atoms. The van der Waals surface area contributed by atoms with Crippen molar-refractivity contribution in [3.63, 3.8) is 0 Å². The molecule has 0 radical (unpaired) electrons. The summed E-state index contributed by atoms with van der Waals surface area (Å²) >= 11 is 0. The lowest BCUT2D eigenvalue weighted by Gasteiger charge is -2.31. The smallest absolute Gasteiger partial charge is 0.315 e. The number of nitrogens with zero attached hydrogens (tertiary/aromatic N) is 6. The van der Waals surface area contributed by atoms with Crippen molar-refractivity contribution in [2.75, 3.05) is 25.0 Å². The van der Waals surface area contributed by atoms with Gasteiger partial charge >= 0.3 is 6.18 Å². The molecule has 4 heterocycles. The third-order valence-electron chi connectivity index (χ3n) is 5.46. The summed E-state index contributed by atoms with van der Waals surface area (Å²) in [5.41, 5.74) is 0.655. The van der Waals surface area contributed by atoms with Crippen LogP contribution in [0.25, 0.3) is 22.3 Å². The number of piperidine rings is 1. The fourth-order valence-corrected chi connectivity index (χ4v) is 3.68. The topological polar surface area (TPSA) is 88.8 Å². The fraction of sp³-hybridized carbons (Fsp3) is 0.450. The van der Waals surface area contributed by atoms with Crippen molar-refractivity contribution < 1.29 is 18.0 Å². The Morgan fingerprint density at radius 3 is 2.58 bits per heavy atom. The molecule has 1 saturated heterocycles. The van der Waals surface area contributed by atoms with Crippen molar-refractivity contribution in [2.45, 2.75) is 25.4 Å². The summed E-state index contributed by atoms with van der Waals surface area (Å²) in [5.74, 6) is 0.643. The lowest BCUT2D eigenvalue weighted by molar-refractivity contribution is -0.139. The van der Waals surface area contributed by atoms with Gasteiger partial charge in [0.2, 0.25) is 5.91 Å². The molecule has 0 unspecified atom stereocenters. The Bertz CT molecular complexity index is 1070. The minimum absolute atomic E-state index is 0.0219. The monoisotopic (exact) mass is 433 g/mol. The van der Waals surface area contributed by atoms with Crippen molar-refractivity contribution in [3.05, 3.63) is 30.9 Å². The number of likely N-dealkylation sites (tertiary alicyclic amines) is 1. The molecule has 0 aromatic carbocycles. The van der Waals surface area contributed by atoms with E-state index in [1.165, 1.54) is 0 Å². The van der Waals surface area contributed by atoms with Crippen molar-refractivity contribution >= 4 is 22.5 Å². The van der Waals surface area contributed by atoms with Crippen LogP contribution in [0.15, 0.2) is 30.9 Å². The highest BCUT2D eigenvalue weighted by atomic mass is 19.4. The van der Waals surface area contributed by atoms with Crippen molar-refractivity contribution in [1.29, 1.82) is 0 Å². The van der Waals surface area contributed by atoms with Crippen LogP contribution >= 0.6 is 0 Å². The first-order valence-corrected chi connectivity index (χ1v) is 9.98. The highest BCUT2D eigenvalue weighted by molar-refractivity contribution is 5.94. The molecule has 3 aromatic heterocycles. The van der Waals surface area contributed by atoms with Gasteiger partial charge in [0.15, 0.2) is 5.82 Å². The number of carbonyl (C=O) groups is 1. The molecule has 0 aliphatic carbocycles. The van der Waals surface area contributed by atoms with Crippen LogP contribution in [0.3, 0.4) is 0 Å². The van der Waals surface area contributed by atoms with Crippen LogP contribution in [0, 0.1) is 5.92 Å². The number of fused-ring (bicyclic) bond motifs is 1. The summed E-state index contributed by atoms with van der Waals surface area (Å²) in [4.78, 5) is 23.1. The van der Waals surface area contributed by atoms with E-state index >= 15 is 0 Å². The summed E-state index contributed by atoms with van der Waals surface area (Å²) in [6, 6.07) is 3.63. The van der Waals surface area contributed by atoms with Crippen molar-refractivity contribution in [1.82, 2.24) is 29.6 Å². The number of rotatable bonds is 5. The average Bonchev–Trinajstić information content (AvgIpc) is 3.17. The van der Waals surface area contributed by atoms with Crippen LogP contribution < -0.4 is 5.32 Å². The summed E-state index contributed by atoms with van der Waals surface area (Å²) in [6.45, 7) is 0.935. The van der Waals surface area contributed by atoms with Gasteiger partial charge in [-0.25, -0.2) is 4.98 Å². The van der Waals surface area contributed by atoms with E-state index in [0.717, 1.165) is 10.8 Å². The third kappa shape index (κ3) is 5.16. The maximum absolute atomic E-state index is 12.6. The number of hydrogen-bond donors (Lipinski definition) is 1. The Kier molecular flexibility index (Phi) is 5.86. The number of amides is 1. The van der Waals surface area contributed by atoms with E-state index in [-0.39, 0.29) is 18.4 Å². The van der Waals surface area contributed by atoms with E-state index < -0.39 is 12.6 Å². The Morgan fingerprint density at radius 2 is 1.90 bits per heavy atom. The Hall–Kier alpha value is -3.08. The molecule has 31 heavy (non-hydrogen) atoms. The first kappa shape index (κ1) is 21.2. The maximum Gasteiger partial charge on any atom is 0.390 e. The van der Waals surface area contributed by atoms with Crippen LogP contribution in [0.2, 0.25) is 0 Å². The SMILES string of the molecule is Cn1cnnc1-c1cc2cc(NC(=O)C3CCN(CCC(F)(F)F)CC3)ncc2cn1. The van der Waals surface area contributed by atoms with E-state index in [2.05, 4.69) is 25.5 Å². The molecule has 3 aromatic rings. The summed E-state index contributed by atoms with van der Waals surface area (Å²) in [7, 11) is 1.83. The minimum atomic E-state index is -4.15. The van der Waals surface area contributed by atoms with Gasteiger partial charge in [0.1, 0.15) is 17.8 Å². The molecule has 0 saturated carbocycles. The number of nitrogens with one attached hydrogen (secondary N) is 1. The lowest BCUT2D eigenvalue weighted by Crippen LogP contribution is -2.39. The molecule has 8 nitrogen and oxygen atoms in total. The van der Waals surface area contributed by atoms with Gasteiger partial charge in [-0.2, -0.15) is 13.2 Å². The highest BCUT2D eigenvalue weighted by Gasteiger charge is 2.30. The second-order valence-corrected chi connectivity index (χ2v) is 7.72. The summed E-state index contributed by atoms with van der Waals surface area (Å²) in [5, 5.41) is 12.4. The maximum atomic E-state index is 12.6. The van der Waals surface area contributed by atoms with Crippen molar-refractivity contribution in [2.24, 2.45) is 13.0 Å². The normalized spacial score (nSPS) is 16.0. The summed E-state index contributed by atoms with van der Waals surface area (Å²) < 4.78 is 38.9. The molecule has 1 aliphatic heterocycles. The number of anilines is 1. The molecular weight excluding hydrogens is 411 g/mol. The number of halogens is 3. The first-order chi connectivity index (χ1) is 14.8. The van der Waals surface area contributed by atoms with E-state index in [1.807, 2.05) is 13.1 Å². The zero-order valence-corrected chi connectivity index (χ0v) is 16.9. The minimum Gasteiger partial charge on any atom is -0.315 e. The van der Waals surface area contributed by atoms with Gasteiger partial charge in [0.05, 0.1) is 6.42 Å². The first-order valence-electron chi connectivity index (χ1n) is 9.98. The number of carbonyl (C=O) groups excluding carboxylic acids is 1. The molecule has 4 rings (SSSR count). The molecule has 164 valence electrons. The number of aromatic nitrogens is 5. The zero-order chi connectivity index (χ0) is 22.0. The lowest BCUT2D eigenvalue weighted by atomic mass is 9.96. The molecule has 1 amide bonds.